The van der Waals surface area contributed by atoms with E-state index in [0.717, 1.165) is 19.3 Å². The first-order chi connectivity index (χ1) is 9.76. The lowest BCUT2D eigenvalue weighted by Crippen LogP contribution is -2.21. The zero-order chi connectivity index (χ0) is 16.3. The molecule has 0 amide bonds. The zero-order valence-corrected chi connectivity index (χ0v) is 13.8. The van der Waals surface area contributed by atoms with Crippen molar-refractivity contribution in [1.82, 2.24) is 0 Å². The third kappa shape index (κ3) is 12.8. The van der Waals surface area contributed by atoms with Crippen LogP contribution in [0.3, 0.4) is 0 Å². The third-order valence-electron chi connectivity index (χ3n) is 2.89. The second-order valence-corrected chi connectivity index (χ2v) is 6.31. The molecule has 0 saturated carbocycles. The number of carbonyl (C=O) groups is 1. The lowest BCUT2D eigenvalue weighted by Gasteiger charge is -2.18. The van der Waals surface area contributed by atoms with E-state index in [-0.39, 0.29) is 12.0 Å². The Kier molecular flexibility index (Phi) is 10.6. The Morgan fingerprint density at radius 2 is 1.67 bits per heavy atom. The Morgan fingerprint density at radius 1 is 1.14 bits per heavy atom. The molecule has 0 radical (unpaired) electrons. The summed E-state index contributed by atoms with van der Waals surface area (Å²) in [4.78, 5) is 29.0. The molecule has 0 aliphatic heterocycles. The summed E-state index contributed by atoms with van der Waals surface area (Å²) in [5.74, 6) is -0.712. The Bertz CT molecular complexity index is 362. The molecule has 0 aromatic heterocycles. The van der Waals surface area contributed by atoms with Gasteiger partial charge in [0, 0.05) is 12.0 Å². The van der Waals surface area contributed by atoms with E-state index in [4.69, 9.17) is 14.5 Å². The van der Waals surface area contributed by atoms with Crippen LogP contribution < -0.4 is 0 Å². The van der Waals surface area contributed by atoms with Crippen molar-refractivity contribution in [2.45, 2.75) is 71.5 Å². The van der Waals surface area contributed by atoms with Gasteiger partial charge in [-0.3, -0.25) is 0 Å². The standard InChI is InChI=1S/C14H27O6P/c1-4-5-6-7-8-9-10-11-13(20-21(16,17)18)19-14(15)12(2)3/h13H,2,4-11H2,1,3H3,(H2,16,17,18). The van der Waals surface area contributed by atoms with Crippen LogP contribution in [0.4, 0.5) is 0 Å². The summed E-state index contributed by atoms with van der Waals surface area (Å²) in [6.07, 6.45) is 6.43. The van der Waals surface area contributed by atoms with Crippen LogP contribution in [0.15, 0.2) is 12.2 Å². The summed E-state index contributed by atoms with van der Waals surface area (Å²) in [5.41, 5.74) is 0.161. The lowest BCUT2D eigenvalue weighted by molar-refractivity contribution is -0.161. The van der Waals surface area contributed by atoms with E-state index in [2.05, 4.69) is 18.0 Å². The zero-order valence-electron chi connectivity index (χ0n) is 12.9. The molecule has 0 aliphatic carbocycles. The van der Waals surface area contributed by atoms with Gasteiger partial charge in [-0.1, -0.05) is 52.0 Å². The molecular weight excluding hydrogens is 295 g/mol. The number of esters is 1. The van der Waals surface area contributed by atoms with Crippen LogP contribution in [0.25, 0.3) is 0 Å². The van der Waals surface area contributed by atoms with Gasteiger partial charge in [-0.25, -0.2) is 13.9 Å². The number of hydrogen-bond acceptors (Lipinski definition) is 4. The fraction of sp³-hybridized carbons (Fsp3) is 0.786. The van der Waals surface area contributed by atoms with Gasteiger partial charge in [-0.15, -0.1) is 0 Å². The van der Waals surface area contributed by atoms with E-state index >= 15 is 0 Å². The Morgan fingerprint density at radius 3 is 2.14 bits per heavy atom. The fourth-order valence-corrected chi connectivity index (χ4v) is 2.23. The minimum atomic E-state index is -4.69. The predicted octanol–water partition coefficient (Wildman–Crippen LogP) is 3.68. The molecule has 0 aliphatic rings. The van der Waals surface area contributed by atoms with Crippen LogP contribution in [0.1, 0.15) is 65.2 Å². The molecule has 0 rings (SSSR count). The second-order valence-electron chi connectivity index (χ2n) is 5.12. The van der Waals surface area contributed by atoms with Crippen molar-refractivity contribution in [2.75, 3.05) is 0 Å². The van der Waals surface area contributed by atoms with E-state index in [1.54, 1.807) is 0 Å². The largest absolute Gasteiger partial charge is 0.472 e. The van der Waals surface area contributed by atoms with Crippen LogP contribution in [-0.4, -0.2) is 22.0 Å². The van der Waals surface area contributed by atoms with E-state index in [0.29, 0.717) is 6.42 Å². The van der Waals surface area contributed by atoms with Crippen LogP contribution in [0, 0.1) is 0 Å². The summed E-state index contributed by atoms with van der Waals surface area (Å²) in [7, 11) is -4.69. The predicted molar refractivity (Wildman–Crippen MR) is 80.4 cm³/mol. The van der Waals surface area contributed by atoms with Gasteiger partial charge in [0.25, 0.3) is 0 Å². The highest BCUT2D eigenvalue weighted by Crippen LogP contribution is 2.39. The molecule has 0 bridgehead atoms. The van der Waals surface area contributed by atoms with Gasteiger partial charge in [0.15, 0.2) is 0 Å². The summed E-state index contributed by atoms with van der Waals surface area (Å²) >= 11 is 0. The average molecular weight is 322 g/mol. The molecule has 0 fully saturated rings. The highest BCUT2D eigenvalue weighted by Gasteiger charge is 2.25. The summed E-state index contributed by atoms with van der Waals surface area (Å²) in [6.45, 7) is 7.03. The monoisotopic (exact) mass is 322 g/mol. The van der Waals surface area contributed by atoms with Crippen molar-refractivity contribution >= 4 is 13.8 Å². The number of rotatable bonds is 12. The number of phosphoric ester groups is 1. The van der Waals surface area contributed by atoms with E-state index in [9.17, 15) is 9.36 Å². The van der Waals surface area contributed by atoms with E-state index in [1.165, 1.54) is 26.2 Å². The van der Waals surface area contributed by atoms with Gasteiger partial charge in [-0.05, 0) is 13.3 Å². The van der Waals surface area contributed by atoms with E-state index in [1.807, 2.05) is 0 Å². The summed E-state index contributed by atoms with van der Waals surface area (Å²) < 4.78 is 20.2. The minimum Gasteiger partial charge on any atom is -0.432 e. The number of ether oxygens (including phenoxy) is 1. The van der Waals surface area contributed by atoms with E-state index < -0.39 is 20.1 Å². The first-order valence-corrected chi connectivity index (χ1v) is 8.89. The van der Waals surface area contributed by atoms with Gasteiger partial charge in [0.05, 0.1) is 0 Å². The van der Waals surface area contributed by atoms with Crippen molar-refractivity contribution in [3.05, 3.63) is 12.2 Å². The maximum Gasteiger partial charge on any atom is 0.472 e. The lowest BCUT2D eigenvalue weighted by atomic mass is 10.1. The molecule has 0 spiro atoms. The smallest absolute Gasteiger partial charge is 0.432 e. The van der Waals surface area contributed by atoms with Crippen LogP contribution in [0.5, 0.6) is 0 Å². The highest BCUT2D eigenvalue weighted by atomic mass is 31.2. The number of phosphoric acid groups is 1. The number of hydrogen-bond donors (Lipinski definition) is 2. The average Bonchev–Trinajstić information content (AvgIpc) is 2.35. The minimum absolute atomic E-state index is 0.161. The Hall–Kier alpha value is -0.680. The molecular formula is C14H27O6P. The molecule has 0 heterocycles. The molecule has 6 nitrogen and oxygen atoms in total. The number of unbranched alkanes of at least 4 members (excludes halogenated alkanes) is 6. The topological polar surface area (TPSA) is 93.1 Å². The Labute approximate surface area is 126 Å². The second kappa shape index (κ2) is 11.0. The molecule has 0 saturated heterocycles. The van der Waals surface area contributed by atoms with Gasteiger partial charge < -0.3 is 14.5 Å². The fourth-order valence-electron chi connectivity index (χ4n) is 1.77. The van der Waals surface area contributed by atoms with Gasteiger partial charge in [0.1, 0.15) is 0 Å². The molecule has 21 heavy (non-hydrogen) atoms. The van der Waals surface area contributed by atoms with Crippen molar-refractivity contribution in [1.29, 1.82) is 0 Å². The molecule has 124 valence electrons. The SMILES string of the molecule is C=C(C)C(=O)OC(CCCCCCCCC)OP(=O)(O)O. The first kappa shape index (κ1) is 20.3. The quantitative estimate of drug-likeness (QED) is 0.187. The van der Waals surface area contributed by atoms with Gasteiger partial charge in [-0.2, -0.15) is 0 Å². The maximum atomic E-state index is 11.4. The molecule has 7 heteroatoms. The van der Waals surface area contributed by atoms with Gasteiger partial charge >= 0.3 is 13.8 Å². The van der Waals surface area contributed by atoms with Crippen LogP contribution in [-0.2, 0) is 18.6 Å². The maximum absolute atomic E-state index is 11.4. The molecule has 1 unspecified atom stereocenters. The molecule has 1 atom stereocenters. The van der Waals surface area contributed by atoms with Crippen molar-refractivity contribution in [2.24, 2.45) is 0 Å². The van der Waals surface area contributed by atoms with Crippen LogP contribution in [0.2, 0.25) is 0 Å². The number of carbonyl (C=O) groups excluding carboxylic acids is 1. The highest BCUT2D eigenvalue weighted by molar-refractivity contribution is 7.46. The Balaban J connectivity index is 4.08. The van der Waals surface area contributed by atoms with Gasteiger partial charge in [0.2, 0.25) is 6.29 Å². The summed E-state index contributed by atoms with van der Waals surface area (Å²) in [6, 6.07) is 0. The summed E-state index contributed by atoms with van der Waals surface area (Å²) in [5, 5.41) is 0. The molecule has 0 aromatic carbocycles. The molecule has 0 aromatic rings. The third-order valence-corrected chi connectivity index (χ3v) is 3.39. The molecule has 2 N–H and O–H groups in total. The van der Waals surface area contributed by atoms with Crippen LogP contribution >= 0.6 is 7.82 Å². The first-order valence-electron chi connectivity index (χ1n) is 7.36. The normalized spacial score (nSPS) is 13.0. The van der Waals surface area contributed by atoms with Crippen molar-refractivity contribution in [3.63, 3.8) is 0 Å². The van der Waals surface area contributed by atoms with Crippen molar-refractivity contribution in [3.8, 4) is 0 Å². The van der Waals surface area contributed by atoms with Crippen molar-refractivity contribution < 1.29 is 28.4 Å².